The van der Waals surface area contributed by atoms with Crippen molar-refractivity contribution in [2.45, 2.75) is 45.7 Å². The maximum Gasteiger partial charge on any atom is 0.129 e. The summed E-state index contributed by atoms with van der Waals surface area (Å²) in [7, 11) is 0. The Morgan fingerprint density at radius 3 is 2.10 bits per heavy atom. The zero-order valence-electron chi connectivity index (χ0n) is 12.7. The van der Waals surface area contributed by atoms with Crippen LogP contribution in [0, 0.1) is 11.6 Å². The molecular formula is C15H25F2N3. The molecule has 1 aromatic carbocycles. The number of likely N-dealkylation sites (N-methyl/N-ethyl adjacent to an activating group) is 1. The van der Waals surface area contributed by atoms with Crippen molar-refractivity contribution >= 4 is 0 Å². The standard InChI is InChI=1S/C15H25F2N3/c1-5-20(6-2)15(3,4)14(19-18)10-11-12(16)8-7-9-13(11)17/h7-9,14,19H,5-6,10,18H2,1-4H3. The van der Waals surface area contributed by atoms with Crippen molar-refractivity contribution in [2.24, 2.45) is 5.84 Å². The van der Waals surface area contributed by atoms with Crippen molar-refractivity contribution in [1.82, 2.24) is 10.3 Å². The molecule has 3 N–H and O–H groups in total. The first-order valence-corrected chi connectivity index (χ1v) is 7.02. The molecule has 0 saturated heterocycles. The molecular weight excluding hydrogens is 260 g/mol. The predicted octanol–water partition coefficient (Wildman–Crippen LogP) is 2.46. The molecule has 1 aromatic rings. The molecule has 114 valence electrons. The summed E-state index contributed by atoms with van der Waals surface area (Å²) in [5.41, 5.74) is 2.49. The van der Waals surface area contributed by atoms with Gasteiger partial charge in [-0.2, -0.15) is 0 Å². The third kappa shape index (κ3) is 3.53. The number of nitrogens with one attached hydrogen (secondary N) is 1. The van der Waals surface area contributed by atoms with Crippen LogP contribution < -0.4 is 11.3 Å². The van der Waals surface area contributed by atoms with Crippen LogP contribution in [0.5, 0.6) is 0 Å². The normalized spacial score (nSPS) is 13.8. The van der Waals surface area contributed by atoms with Crippen LogP contribution in [-0.4, -0.2) is 29.6 Å². The largest absolute Gasteiger partial charge is 0.297 e. The maximum absolute atomic E-state index is 13.8. The monoisotopic (exact) mass is 285 g/mol. The highest BCUT2D eigenvalue weighted by atomic mass is 19.1. The fraction of sp³-hybridized carbons (Fsp3) is 0.600. The van der Waals surface area contributed by atoms with E-state index in [2.05, 4.69) is 24.2 Å². The van der Waals surface area contributed by atoms with Gasteiger partial charge >= 0.3 is 0 Å². The summed E-state index contributed by atoms with van der Waals surface area (Å²) in [5.74, 6) is 4.58. The molecule has 3 nitrogen and oxygen atoms in total. The molecule has 0 spiro atoms. The van der Waals surface area contributed by atoms with Crippen molar-refractivity contribution in [1.29, 1.82) is 0 Å². The summed E-state index contributed by atoms with van der Waals surface area (Å²) < 4.78 is 27.6. The predicted molar refractivity (Wildman–Crippen MR) is 78.2 cm³/mol. The van der Waals surface area contributed by atoms with E-state index in [9.17, 15) is 8.78 Å². The zero-order valence-corrected chi connectivity index (χ0v) is 12.7. The van der Waals surface area contributed by atoms with Crippen LogP contribution in [-0.2, 0) is 6.42 Å². The van der Waals surface area contributed by atoms with E-state index in [-0.39, 0.29) is 23.6 Å². The Balaban J connectivity index is 3.02. The van der Waals surface area contributed by atoms with Gasteiger partial charge in [-0.05, 0) is 45.5 Å². The summed E-state index contributed by atoms with van der Waals surface area (Å²) in [6, 6.07) is 3.66. The van der Waals surface area contributed by atoms with Crippen molar-refractivity contribution < 1.29 is 8.78 Å². The Bertz CT molecular complexity index is 411. The average Bonchev–Trinajstić information content (AvgIpc) is 2.39. The molecule has 20 heavy (non-hydrogen) atoms. The van der Waals surface area contributed by atoms with Crippen LogP contribution in [0.4, 0.5) is 8.78 Å². The summed E-state index contributed by atoms with van der Waals surface area (Å²) in [6.07, 6.45) is 0.207. The van der Waals surface area contributed by atoms with Gasteiger partial charge in [-0.25, -0.2) is 8.78 Å². The molecule has 0 aliphatic rings. The van der Waals surface area contributed by atoms with Gasteiger partial charge in [0, 0.05) is 17.1 Å². The molecule has 0 aromatic heterocycles. The quantitative estimate of drug-likeness (QED) is 0.597. The maximum atomic E-state index is 13.8. The van der Waals surface area contributed by atoms with Crippen LogP contribution in [0.15, 0.2) is 18.2 Å². The zero-order chi connectivity index (χ0) is 15.3. The molecule has 0 bridgehead atoms. The molecule has 0 heterocycles. The number of hydrogen-bond donors (Lipinski definition) is 2. The number of nitrogens with zero attached hydrogens (tertiary/aromatic N) is 1. The van der Waals surface area contributed by atoms with Gasteiger partial charge in [0.25, 0.3) is 0 Å². The van der Waals surface area contributed by atoms with Crippen LogP contribution in [0.1, 0.15) is 33.3 Å². The van der Waals surface area contributed by atoms with E-state index in [1.54, 1.807) is 0 Å². The Morgan fingerprint density at radius 2 is 1.70 bits per heavy atom. The second-order valence-electron chi connectivity index (χ2n) is 5.45. The summed E-state index contributed by atoms with van der Waals surface area (Å²) in [5, 5.41) is 0. The van der Waals surface area contributed by atoms with Crippen LogP contribution >= 0.6 is 0 Å². The molecule has 1 unspecified atom stereocenters. The highest BCUT2D eigenvalue weighted by Crippen LogP contribution is 2.23. The van der Waals surface area contributed by atoms with Crippen molar-refractivity contribution in [2.75, 3.05) is 13.1 Å². The fourth-order valence-corrected chi connectivity index (χ4v) is 2.70. The van der Waals surface area contributed by atoms with Crippen molar-refractivity contribution in [3.05, 3.63) is 35.4 Å². The first kappa shape index (κ1) is 17.0. The molecule has 1 atom stereocenters. The third-order valence-corrected chi connectivity index (χ3v) is 4.10. The SMILES string of the molecule is CCN(CC)C(C)(C)C(Cc1c(F)cccc1F)NN. The van der Waals surface area contributed by atoms with E-state index in [1.165, 1.54) is 18.2 Å². The molecule has 0 amide bonds. The van der Waals surface area contributed by atoms with E-state index in [1.807, 2.05) is 13.8 Å². The Labute approximate surface area is 120 Å². The minimum Gasteiger partial charge on any atom is -0.297 e. The molecule has 0 radical (unpaired) electrons. The minimum atomic E-state index is -0.527. The number of rotatable bonds is 7. The number of halogens is 2. The first-order valence-electron chi connectivity index (χ1n) is 7.02. The summed E-state index contributed by atoms with van der Waals surface area (Å²) in [4.78, 5) is 2.22. The van der Waals surface area contributed by atoms with Gasteiger partial charge in [0.05, 0.1) is 0 Å². The minimum absolute atomic E-state index is 0.0793. The number of nitrogens with two attached hydrogens (primary N) is 1. The van der Waals surface area contributed by atoms with E-state index < -0.39 is 11.6 Å². The summed E-state index contributed by atoms with van der Waals surface area (Å²) >= 11 is 0. The van der Waals surface area contributed by atoms with Gasteiger partial charge in [-0.3, -0.25) is 16.2 Å². The molecule has 5 heteroatoms. The van der Waals surface area contributed by atoms with E-state index in [4.69, 9.17) is 5.84 Å². The first-order chi connectivity index (χ1) is 9.38. The van der Waals surface area contributed by atoms with Crippen LogP contribution in [0.3, 0.4) is 0 Å². The lowest BCUT2D eigenvalue weighted by Crippen LogP contribution is -2.60. The highest BCUT2D eigenvalue weighted by Gasteiger charge is 2.34. The lowest BCUT2D eigenvalue weighted by Gasteiger charge is -2.43. The highest BCUT2D eigenvalue weighted by molar-refractivity contribution is 5.21. The Hall–Kier alpha value is -1.04. The van der Waals surface area contributed by atoms with Gasteiger partial charge in [0.1, 0.15) is 11.6 Å². The van der Waals surface area contributed by atoms with Gasteiger partial charge in [-0.15, -0.1) is 0 Å². The van der Waals surface area contributed by atoms with Gasteiger partial charge in [0.2, 0.25) is 0 Å². The Morgan fingerprint density at radius 1 is 1.20 bits per heavy atom. The van der Waals surface area contributed by atoms with E-state index >= 15 is 0 Å². The number of benzene rings is 1. The lowest BCUT2D eigenvalue weighted by atomic mass is 9.87. The van der Waals surface area contributed by atoms with Gasteiger partial charge in [-0.1, -0.05) is 19.9 Å². The number of hydrazine groups is 1. The average molecular weight is 285 g/mol. The molecule has 0 fully saturated rings. The van der Waals surface area contributed by atoms with Crippen LogP contribution in [0.25, 0.3) is 0 Å². The van der Waals surface area contributed by atoms with Gasteiger partial charge < -0.3 is 0 Å². The Kier molecular flexibility index (Phi) is 6.05. The molecule has 1 rings (SSSR count). The van der Waals surface area contributed by atoms with E-state index in [0.29, 0.717) is 0 Å². The topological polar surface area (TPSA) is 41.3 Å². The second-order valence-corrected chi connectivity index (χ2v) is 5.45. The molecule has 0 saturated carbocycles. The molecule has 0 aliphatic carbocycles. The second kappa shape index (κ2) is 7.11. The van der Waals surface area contributed by atoms with Crippen molar-refractivity contribution in [3.8, 4) is 0 Å². The lowest BCUT2D eigenvalue weighted by molar-refractivity contribution is 0.0905. The molecule has 0 aliphatic heterocycles. The van der Waals surface area contributed by atoms with E-state index in [0.717, 1.165) is 13.1 Å². The fourth-order valence-electron chi connectivity index (χ4n) is 2.70. The third-order valence-electron chi connectivity index (χ3n) is 4.10. The van der Waals surface area contributed by atoms with Crippen LogP contribution in [0.2, 0.25) is 0 Å². The smallest absolute Gasteiger partial charge is 0.129 e. The van der Waals surface area contributed by atoms with Crippen molar-refractivity contribution in [3.63, 3.8) is 0 Å². The summed E-state index contributed by atoms with van der Waals surface area (Å²) in [6.45, 7) is 9.88. The van der Waals surface area contributed by atoms with Gasteiger partial charge in [0.15, 0.2) is 0 Å². The number of hydrogen-bond acceptors (Lipinski definition) is 3.